The molecule has 2 aliphatic rings. The number of ether oxygens (including phenoxy) is 1. The molecule has 3 nitrogen and oxygen atoms in total. The Labute approximate surface area is 138 Å². The summed E-state index contributed by atoms with van der Waals surface area (Å²) in [6.45, 7) is 6.37. The number of hydrogen-bond acceptors (Lipinski definition) is 3. The molecule has 0 heterocycles. The zero-order valence-electron chi connectivity index (χ0n) is 14.3. The molecule has 3 rings (SSSR count). The quantitative estimate of drug-likeness (QED) is 0.638. The van der Waals surface area contributed by atoms with Crippen LogP contribution < -0.4 is 0 Å². The maximum Gasteiger partial charge on any atom is 0.339 e. The summed E-state index contributed by atoms with van der Waals surface area (Å²) in [5.41, 5.74) is -0.402. The molecule has 2 fully saturated rings. The molecule has 0 radical (unpaired) electrons. The monoisotopic (exact) mass is 312 g/mol. The van der Waals surface area contributed by atoms with E-state index in [1.165, 1.54) is 7.11 Å². The number of aliphatic hydroxyl groups is 1. The summed E-state index contributed by atoms with van der Waals surface area (Å²) in [5, 5.41) is 11.4. The molecule has 2 aliphatic carbocycles. The van der Waals surface area contributed by atoms with Gasteiger partial charge >= 0.3 is 5.97 Å². The lowest BCUT2D eigenvalue weighted by atomic mass is 9.60. The van der Waals surface area contributed by atoms with Gasteiger partial charge in [-0.2, -0.15) is 0 Å². The first kappa shape index (κ1) is 16.1. The van der Waals surface area contributed by atoms with E-state index >= 15 is 0 Å². The number of methoxy groups -OCH3 is 1. The van der Waals surface area contributed by atoms with Gasteiger partial charge in [-0.3, -0.25) is 0 Å². The molecule has 1 N–H and O–H groups in total. The lowest BCUT2D eigenvalue weighted by Crippen LogP contribution is -2.53. The van der Waals surface area contributed by atoms with E-state index in [9.17, 15) is 9.90 Å². The molecule has 1 aromatic carbocycles. The fraction of sp³-hybridized carbons (Fsp3) is 0.550. The normalized spacial score (nSPS) is 33.9. The van der Waals surface area contributed by atoms with Crippen molar-refractivity contribution in [2.24, 2.45) is 16.7 Å². The number of hydrogen-bond donors (Lipinski definition) is 1. The minimum atomic E-state index is -1.04. The van der Waals surface area contributed by atoms with Crippen molar-refractivity contribution in [3.05, 3.63) is 35.4 Å². The molecule has 2 saturated carbocycles. The van der Waals surface area contributed by atoms with Crippen LogP contribution in [0.1, 0.15) is 56.0 Å². The molecule has 2 bridgehead atoms. The zero-order valence-corrected chi connectivity index (χ0v) is 14.3. The van der Waals surface area contributed by atoms with E-state index in [0.717, 1.165) is 19.3 Å². The molecule has 0 amide bonds. The Morgan fingerprint density at radius 1 is 1.30 bits per heavy atom. The van der Waals surface area contributed by atoms with E-state index in [2.05, 4.69) is 32.6 Å². The highest BCUT2D eigenvalue weighted by Gasteiger charge is 2.68. The van der Waals surface area contributed by atoms with Crippen LogP contribution in [0.25, 0.3) is 0 Å². The Kier molecular flexibility index (Phi) is 3.57. The molecule has 0 saturated heterocycles. The van der Waals surface area contributed by atoms with E-state index in [0.29, 0.717) is 17.0 Å². The molecular formula is C20H24O3. The lowest BCUT2D eigenvalue weighted by molar-refractivity contribution is -0.0953. The van der Waals surface area contributed by atoms with Crippen molar-refractivity contribution >= 4 is 5.97 Å². The molecule has 1 aromatic rings. The fourth-order valence-electron chi connectivity index (χ4n) is 4.61. The van der Waals surface area contributed by atoms with Crippen molar-refractivity contribution in [1.29, 1.82) is 0 Å². The topological polar surface area (TPSA) is 46.5 Å². The van der Waals surface area contributed by atoms with Crippen molar-refractivity contribution in [2.45, 2.75) is 45.6 Å². The average molecular weight is 312 g/mol. The number of rotatable bonds is 1. The van der Waals surface area contributed by atoms with Crippen molar-refractivity contribution < 1.29 is 14.6 Å². The highest BCUT2D eigenvalue weighted by Crippen LogP contribution is 2.67. The molecule has 0 spiro atoms. The maximum absolute atomic E-state index is 11.9. The molecule has 23 heavy (non-hydrogen) atoms. The van der Waals surface area contributed by atoms with Gasteiger partial charge in [-0.15, -0.1) is 0 Å². The van der Waals surface area contributed by atoms with Gasteiger partial charge in [0.1, 0.15) is 5.60 Å². The Morgan fingerprint density at radius 3 is 2.61 bits per heavy atom. The first-order chi connectivity index (χ1) is 10.7. The molecule has 122 valence electrons. The summed E-state index contributed by atoms with van der Waals surface area (Å²) in [4.78, 5) is 11.9. The second-order valence-electron chi connectivity index (χ2n) is 7.72. The van der Waals surface area contributed by atoms with E-state index in [4.69, 9.17) is 4.74 Å². The third kappa shape index (κ3) is 2.12. The maximum atomic E-state index is 11.9. The second-order valence-corrected chi connectivity index (χ2v) is 7.72. The predicted molar refractivity (Wildman–Crippen MR) is 88.8 cm³/mol. The Morgan fingerprint density at radius 2 is 2.00 bits per heavy atom. The van der Waals surface area contributed by atoms with Crippen LogP contribution >= 0.6 is 0 Å². The summed E-state index contributed by atoms with van der Waals surface area (Å²) in [6, 6.07) is 7.13. The highest BCUT2D eigenvalue weighted by molar-refractivity contribution is 5.92. The summed E-state index contributed by atoms with van der Waals surface area (Å²) >= 11 is 0. The third-order valence-corrected chi connectivity index (χ3v) is 6.28. The summed E-state index contributed by atoms with van der Waals surface area (Å²) in [6.07, 6.45) is 3.18. The van der Waals surface area contributed by atoms with Gasteiger partial charge in [-0.25, -0.2) is 4.79 Å². The van der Waals surface area contributed by atoms with Gasteiger partial charge < -0.3 is 9.84 Å². The third-order valence-electron chi connectivity index (χ3n) is 6.28. The van der Waals surface area contributed by atoms with Crippen molar-refractivity contribution in [3.8, 4) is 11.8 Å². The predicted octanol–water partition coefficient (Wildman–Crippen LogP) is 3.40. The van der Waals surface area contributed by atoms with Gasteiger partial charge in [-0.1, -0.05) is 44.7 Å². The lowest BCUT2D eigenvalue weighted by Gasteiger charge is -2.47. The van der Waals surface area contributed by atoms with Crippen LogP contribution in [-0.2, 0) is 4.74 Å². The minimum Gasteiger partial charge on any atom is -0.465 e. The number of fused-ring (bicyclic) bond motifs is 2. The van der Waals surface area contributed by atoms with Gasteiger partial charge in [0.2, 0.25) is 0 Å². The zero-order chi connectivity index (χ0) is 16.9. The van der Waals surface area contributed by atoms with Crippen molar-refractivity contribution in [1.82, 2.24) is 0 Å². The van der Waals surface area contributed by atoms with E-state index < -0.39 is 11.6 Å². The smallest absolute Gasteiger partial charge is 0.339 e. The largest absolute Gasteiger partial charge is 0.465 e. The van der Waals surface area contributed by atoms with Crippen molar-refractivity contribution in [3.63, 3.8) is 0 Å². The number of esters is 1. The average Bonchev–Trinajstić information content (AvgIpc) is 3.01. The second kappa shape index (κ2) is 5.11. The Bertz CT molecular complexity index is 702. The first-order valence-electron chi connectivity index (χ1n) is 8.18. The van der Waals surface area contributed by atoms with Crippen LogP contribution in [0.15, 0.2) is 24.3 Å². The number of carbonyl (C=O) groups excluding carboxylic acids is 1. The van der Waals surface area contributed by atoms with Gasteiger partial charge in [0.25, 0.3) is 0 Å². The van der Waals surface area contributed by atoms with Gasteiger partial charge in [0.05, 0.1) is 12.7 Å². The number of benzene rings is 1. The van der Waals surface area contributed by atoms with Crippen LogP contribution in [0.3, 0.4) is 0 Å². The van der Waals surface area contributed by atoms with Crippen LogP contribution in [0.5, 0.6) is 0 Å². The van der Waals surface area contributed by atoms with E-state index in [1.807, 2.05) is 6.07 Å². The SMILES string of the molecule is COC(=O)c1ccccc1C#CC1(O)C(C)(C)[C@@H]2CC[C@@]1(C)C2. The minimum absolute atomic E-state index is 0.172. The van der Waals surface area contributed by atoms with Crippen LogP contribution in [-0.4, -0.2) is 23.8 Å². The van der Waals surface area contributed by atoms with Crippen LogP contribution in [0.4, 0.5) is 0 Å². The van der Waals surface area contributed by atoms with E-state index in [-0.39, 0.29) is 10.8 Å². The van der Waals surface area contributed by atoms with E-state index in [1.54, 1.807) is 18.2 Å². The molecule has 3 atom stereocenters. The van der Waals surface area contributed by atoms with Gasteiger partial charge in [-0.05, 0) is 37.3 Å². The van der Waals surface area contributed by atoms with Crippen molar-refractivity contribution in [2.75, 3.05) is 7.11 Å². The fourth-order valence-corrected chi connectivity index (χ4v) is 4.61. The van der Waals surface area contributed by atoms with Gasteiger partial charge in [0.15, 0.2) is 0 Å². The molecule has 1 unspecified atom stereocenters. The summed E-state index contributed by atoms with van der Waals surface area (Å²) in [7, 11) is 1.36. The summed E-state index contributed by atoms with van der Waals surface area (Å²) < 4.78 is 4.81. The molecule has 0 aliphatic heterocycles. The summed E-state index contributed by atoms with van der Waals surface area (Å²) in [5.74, 6) is 6.33. The molecule has 3 heteroatoms. The van der Waals surface area contributed by atoms with Crippen LogP contribution in [0.2, 0.25) is 0 Å². The first-order valence-corrected chi connectivity index (χ1v) is 8.18. The van der Waals surface area contributed by atoms with Gasteiger partial charge in [0, 0.05) is 16.4 Å². The Hall–Kier alpha value is -1.79. The molecule has 0 aromatic heterocycles. The number of carbonyl (C=O) groups is 1. The van der Waals surface area contributed by atoms with Crippen LogP contribution in [0, 0.1) is 28.6 Å². The standard InChI is InChI=1S/C20H24O3/c1-18(2)15-10-11-19(3,13-15)20(18,22)12-9-14-7-5-6-8-16(14)17(21)23-4/h5-8,15,22H,10-11,13H2,1-4H3/t15-,19+,20?/m1/s1. The Balaban J connectivity index is 2.04. The highest BCUT2D eigenvalue weighted by atomic mass is 16.5. The molecular weight excluding hydrogens is 288 g/mol.